The van der Waals surface area contributed by atoms with Crippen molar-refractivity contribution < 1.29 is 23.9 Å². The van der Waals surface area contributed by atoms with E-state index in [1.807, 2.05) is 74.5 Å². The van der Waals surface area contributed by atoms with E-state index in [0.29, 0.717) is 6.42 Å². The van der Waals surface area contributed by atoms with Gasteiger partial charge in [0.25, 0.3) is 0 Å². The van der Waals surface area contributed by atoms with Gasteiger partial charge in [0.05, 0.1) is 0 Å². The standard InChI is InChI=1S/C25H31NO5/c1-19(2)16-22(27)14-15-26(3)25(29)31-23(17-20-10-6-4-7-11-20)24(28)30-18-21-12-8-5-9-13-21/h4-13,19,23H,14-18H2,1-3H3/t23-/m0/s1. The minimum absolute atomic E-state index is 0.0951. The molecule has 1 amide bonds. The first-order valence-corrected chi connectivity index (χ1v) is 10.5. The lowest BCUT2D eigenvalue weighted by Gasteiger charge is -2.22. The maximum Gasteiger partial charge on any atom is 0.410 e. The van der Waals surface area contributed by atoms with Crippen LogP contribution in [0.2, 0.25) is 0 Å². The number of nitrogens with zero attached hydrogens (tertiary/aromatic N) is 1. The topological polar surface area (TPSA) is 72.9 Å². The Morgan fingerprint density at radius 3 is 2.06 bits per heavy atom. The highest BCUT2D eigenvalue weighted by atomic mass is 16.6. The van der Waals surface area contributed by atoms with Gasteiger partial charge in [-0.1, -0.05) is 74.5 Å². The van der Waals surface area contributed by atoms with Crippen LogP contribution < -0.4 is 0 Å². The highest BCUT2D eigenvalue weighted by Gasteiger charge is 2.27. The lowest BCUT2D eigenvalue weighted by atomic mass is 10.1. The maximum atomic E-state index is 12.7. The largest absolute Gasteiger partial charge is 0.458 e. The van der Waals surface area contributed by atoms with Crippen LogP contribution in [0.3, 0.4) is 0 Å². The molecule has 2 rings (SSSR count). The molecule has 0 aliphatic carbocycles. The Morgan fingerprint density at radius 1 is 0.903 bits per heavy atom. The van der Waals surface area contributed by atoms with Gasteiger partial charge in [0.1, 0.15) is 12.4 Å². The first-order valence-electron chi connectivity index (χ1n) is 10.5. The van der Waals surface area contributed by atoms with E-state index in [9.17, 15) is 14.4 Å². The van der Waals surface area contributed by atoms with Crippen LogP contribution in [0, 0.1) is 5.92 Å². The number of carbonyl (C=O) groups excluding carboxylic acids is 3. The zero-order valence-corrected chi connectivity index (χ0v) is 18.5. The molecule has 0 fully saturated rings. The van der Waals surface area contributed by atoms with E-state index in [0.717, 1.165) is 11.1 Å². The van der Waals surface area contributed by atoms with Crippen LogP contribution in [0.25, 0.3) is 0 Å². The number of carbonyl (C=O) groups is 3. The van der Waals surface area contributed by atoms with Crippen LogP contribution in [-0.4, -0.2) is 42.4 Å². The Bertz CT molecular complexity index is 836. The zero-order chi connectivity index (χ0) is 22.6. The van der Waals surface area contributed by atoms with Crippen LogP contribution in [0.1, 0.15) is 37.8 Å². The summed E-state index contributed by atoms with van der Waals surface area (Å²) in [5, 5.41) is 0. The SMILES string of the molecule is CC(C)CC(=O)CCN(C)C(=O)O[C@@H](Cc1ccccc1)C(=O)OCc1ccccc1. The fourth-order valence-electron chi connectivity index (χ4n) is 2.98. The van der Waals surface area contributed by atoms with Crippen molar-refractivity contribution in [3.8, 4) is 0 Å². The number of hydrogen-bond acceptors (Lipinski definition) is 5. The van der Waals surface area contributed by atoms with Gasteiger partial charge >= 0.3 is 12.1 Å². The molecule has 0 unspecified atom stereocenters. The van der Waals surface area contributed by atoms with Gasteiger partial charge in [-0.25, -0.2) is 9.59 Å². The summed E-state index contributed by atoms with van der Waals surface area (Å²) in [4.78, 5) is 38.5. The highest BCUT2D eigenvalue weighted by molar-refractivity contribution is 5.80. The Balaban J connectivity index is 1.97. The second kappa shape index (κ2) is 12.5. The quantitative estimate of drug-likeness (QED) is 0.499. The summed E-state index contributed by atoms with van der Waals surface area (Å²) in [6.07, 6.45) is -0.792. The summed E-state index contributed by atoms with van der Waals surface area (Å²) in [6.45, 7) is 4.29. The van der Waals surface area contributed by atoms with Crippen LogP contribution in [0.4, 0.5) is 4.79 Å². The molecular formula is C25H31NO5. The van der Waals surface area contributed by atoms with E-state index in [4.69, 9.17) is 9.47 Å². The second-order valence-corrected chi connectivity index (χ2v) is 7.96. The van der Waals surface area contributed by atoms with Crippen molar-refractivity contribution in [3.05, 3.63) is 71.8 Å². The van der Waals surface area contributed by atoms with Gasteiger partial charge in [0.15, 0.2) is 0 Å². The number of amides is 1. The Labute approximate surface area is 184 Å². The third-order valence-electron chi connectivity index (χ3n) is 4.67. The minimum atomic E-state index is -1.08. The molecule has 2 aromatic carbocycles. The van der Waals surface area contributed by atoms with Crippen molar-refractivity contribution >= 4 is 17.8 Å². The van der Waals surface area contributed by atoms with E-state index in [-0.39, 0.29) is 37.7 Å². The van der Waals surface area contributed by atoms with E-state index >= 15 is 0 Å². The average molecular weight is 426 g/mol. The third kappa shape index (κ3) is 9.03. The predicted octanol–water partition coefficient (Wildman–Crippen LogP) is 4.41. The summed E-state index contributed by atoms with van der Waals surface area (Å²) in [5.41, 5.74) is 1.70. The number of hydrogen-bond donors (Lipinski definition) is 0. The third-order valence-corrected chi connectivity index (χ3v) is 4.67. The second-order valence-electron chi connectivity index (χ2n) is 7.96. The van der Waals surface area contributed by atoms with Crippen molar-refractivity contribution in [1.29, 1.82) is 0 Å². The predicted molar refractivity (Wildman–Crippen MR) is 118 cm³/mol. The van der Waals surface area contributed by atoms with Crippen molar-refractivity contribution in [2.75, 3.05) is 13.6 Å². The number of rotatable bonds is 11. The van der Waals surface area contributed by atoms with E-state index < -0.39 is 18.2 Å². The fourth-order valence-corrected chi connectivity index (χ4v) is 2.98. The van der Waals surface area contributed by atoms with Crippen LogP contribution in [-0.2, 0) is 32.1 Å². The molecule has 0 aliphatic heterocycles. The molecule has 0 N–H and O–H groups in total. The molecule has 6 heteroatoms. The van der Waals surface area contributed by atoms with Gasteiger partial charge in [0, 0.05) is 32.9 Å². The number of benzene rings is 2. The number of ketones is 1. The summed E-state index contributed by atoms with van der Waals surface area (Å²) in [6, 6.07) is 18.6. The molecule has 166 valence electrons. The molecule has 0 bridgehead atoms. The van der Waals surface area contributed by atoms with Crippen molar-refractivity contribution in [3.63, 3.8) is 0 Å². The molecule has 0 radical (unpaired) electrons. The van der Waals surface area contributed by atoms with Gasteiger partial charge in [0.2, 0.25) is 6.10 Å². The molecule has 0 saturated carbocycles. The average Bonchev–Trinajstić information content (AvgIpc) is 2.76. The number of Topliss-reactive ketones (excluding diaryl/α,β-unsaturated/α-hetero) is 1. The maximum absolute atomic E-state index is 12.7. The van der Waals surface area contributed by atoms with Gasteiger partial charge in [-0.3, -0.25) is 4.79 Å². The molecule has 31 heavy (non-hydrogen) atoms. The van der Waals surface area contributed by atoms with Gasteiger partial charge in [-0.2, -0.15) is 0 Å². The number of esters is 1. The summed E-state index contributed by atoms with van der Waals surface area (Å²) in [5.74, 6) is -0.234. The van der Waals surface area contributed by atoms with Gasteiger partial charge in [-0.05, 0) is 17.0 Å². The van der Waals surface area contributed by atoms with E-state index in [1.54, 1.807) is 7.05 Å². The fraction of sp³-hybridized carbons (Fsp3) is 0.400. The minimum Gasteiger partial charge on any atom is -0.458 e. The molecule has 0 heterocycles. The smallest absolute Gasteiger partial charge is 0.410 e. The van der Waals surface area contributed by atoms with E-state index in [2.05, 4.69) is 0 Å². The Morgan fingerprint density at radius 2 is 1.48 bits per heavy atom. The lowest BCUT2D eigenvalue weighted by molar-refractivity contribution is -0.155. The van der Waals surface area contributed by atoms with Crippen molar-refractivity contribution in [1.82, 2.24) is 4.90 Å². The molecule has 6 nitrogen and oxygen atoms in total. The summed E-state index contributed by atoms with van der Waals surface area (Å²) in [7, 11) is 1.56. The van der Waals surface area contributed by atoms with Gasteiger partial charge < -0.3 is 14.4 Å². The summed E-state index contributed by atoms with van der Waals surface area (Å²) < 4.78 is 10.9. The molecule has 0 aliphatic rings. The first-order chi connectivity index (χ1) is 14.8. The highest BCUT2D eigenvalue weighted by Crippen LogP contribution is 2.12. The molecule has 0 aromatic heterocycles. The summed E-state index contributed by atoms with van der Waals surface area (Å²) >= 11 is 0. The van der Waals surface area contributed by atoms with Crippen molar-refractivity contribution in [2.45, 2.75) is 45.8 Å². The Kier molecular flexibility index (Phi) is 9.75. The van der Waals surface area contributed by atoms with Crippen LogP contribution in [0.15, 0.2) is 60.7 Å². The molecule has 2 aromatic rings. The molecule has 1 atom stereocenters. The molecular weight excluding hydrogens is 394 g/mol. The lowest BCUT2D eigenvalue weighted by Crippen LogP contribution is -2.37. The molecule has 0 saturated heterocycles. The number of ether oxygens (including phenoxy) is 2. The first kappa shape index (κ1) is 24.1. The Hall–Kier alpha value is -3.15. The zero-order valence-electron chi connectivity index (χ0n) is 18.5. The van der Waals surface area contributed by atoms with Crippen LogP contribution in [0.5, 0.6) is 0 Å². The van der Waals surface area contributed by atoms with Gasteiger partial charge in [-0.15, -0.1) is 0 Å². The van der Waals surface area contributed by atoms with Crippen LogP contribution >= 0.6 is 0 Å². The molecule has 0 spiro atoms. The normalized spacial score (nSPS) is 11.6. The van der Waals surface area contributed by atoms with E-state index in [1.165, 1.54) is 4.90 Å². The monoisotopic (exact) mass is 425 g/mol. The van der Waals surface area contributed by atoms with Crippen molar-refractivity contribution in [2.24, 2.45) is 5.92 Å².